The molecule has 1 aromatic heterocycles. The molecule has 6 heteroatoms. The zero-order valence-corrected chi connectivity index (χ0v) is 13.1. The van der Waals surface area contributed by atoms with Gasteiger partial charge in [-0.2, -0.15) is 0 Å². The van der Waals surface area contributed by atoms with Crippen molar-refractivity contribution in [2.75, 3.05) is 39.9 Å². The third kappa shape index (κ3) is 6.19. The quantitative estimate of drug-likeness (QED) is 0.836. The molecule has 1 aromatic rings. The highest BCUT2D eigenvalue weighted by Gasteiger charge is 2.17. The fourth-order valence-electron chi connectivity index (χ4n) is 2.44. The van der Waals surface area contributed by atoms with Gasteiger partial charge in [0, 0.05) is 37.8 Å². The highest BCUT2D eigenvalue weighted by atomic mass is 35.5. The molecule has 4 nitrogen and oxygen atoms in total. The topological polar surface area (TPSA) is 37.4 Å². The van der Waals surface area contributed by atoms with E-state index in [1.807, 2.05) is 11.7 Å². The largest absolute Gasteiger partial charge is 0.383 e. The molecule has 0 bridgehead atoms. The second kappa shape index (κ2) is 9.66. The highest BCUT2D eigenvalue weighted by Crippen LogP contribution is 2.15. The van der Waals surface area contributed by atoms with Crippen molar-refractivity contribution in [2.45, 2.75) is 19.4 Å². The van der Waals surface area contributed by atoms with Crippen molar-refractivity contribution >= 4 is 23.7 Å². The first-order valence-electron chi connectivity index (χ1n) is 6.68. The minimum absolute atomic E-state index is 0. The van der Waals surface area contributed by atoms with Crippen LogP contribution in [0.15, 0.2) is 11.7 Å². The van der Waals surface area contributed by atoms with Gasteiger partial charge in [0.15, 0.2) is 0 Å². The smallest absolute Gasteiger partial charge is 0.0794 e. The SMILES string of the molecule is COCCN(Cc1cncs1)CC1CCCNC1.Cl. The molecule has 2 rings (SSSR count). The van der Waals surface area contributed by atoms with Gasteiger partial charge in [-0.3, -0.25) is 9.88 Å². The van der Waals surface area contributed by atoms with Crippen LogP contribution in [-0.4, -0.2) is 49.8 Å². The molecular weight excluding hydrogens is 282 g/mol. The lowest BCUT2D eigenvalue weighted by Crippen LogP contribution is -2.39. The Morgan fingerprint density at radius 3 is 3.11 bits per heavy atom. The Morgan fingerprint density at radius 1 is 1.58 bits per heavy atom. The first kappa shape index (κ1) is 16.9. The Bertz CT molecular complexity index is 318. The maximum atomic E-state index is 5.21. The molecular formula is C13H24ClN3OS. The van der Waals surface area contributed by atoms with E-state index < -0.39 is 0 Å². The van der Waals surface area contributed by atoms with E-state index in [0.29, 0.717) is 0 Å². The molecule has 2 heterocycles. The van der Waals surface area contributed by atoms with Crippen molar-refractivity contribution in [3.8, 4) is 0 Å². The maximum Gasteiger partial charge on any atom is 0.0794 e. The highest BCUT2D eigenvalue weighted by molar-refractivity contribution is 7.09. The van der Waals surface area contributed by atoms with Crippen molar-refractivity contribution in [3.63, 3.8) is 0 Å². The van der Waals surface area contributed by atoms with Crippen LogP contribution in [0.25, 0.3) is 0 Å². The number of aromatic nitrogens is 1. The van der Waals surface area contributed by atoms with Gasteiger partial charge in [-0.05, 0) is 31.8 Å². The summed E-state index contributed by atoms with van der Waals surface area (Å²) in [6.45, 7) is 6.32. The number of piperidine rings is 1. The van der Waals surface area contributed by atoms with Gasteiger partial charge in [0.1, 0.15) is 0 Å². The molecule has 19 heavy (non-hydrogen) atoms. The summed E-state index contributed by atoms with van der Waals surface area (Å²) in [6, 6.07) is 0. The fourth-order valence-corrected chi connectivity index (χ4v) is 3.08. The number of nitrogens with one attached hydrogen (secondary N) is 1. The summed E-state index contributed by atoms with van der Waals surface area (Å²) in [4.78, 5) is 7.99. The number of thiazole rings is 1. The number of methoxy groups -OCH3 is 1. The van der Waals surface area contributed by atoms with Gasteiger partial charge in [-0.25, -0.2) is 0 Å². The van der Waals surface area contributed by atoms with Crippen molar-refractivity contribution in [1.82, 2.24) is 15.2 Å². The predicted octanol–water partition coefficient (Wildman–Crippen LogP) is 2.01. The van der Waals surface area contributed by atoms with Crippen molar-refractivity contribution in [1.29, 1.82) is 0 Å². The maximum absolute atomic E-state index is 5.21. The van der Waals surface area contributed by atoms with Crippen LogP contribution in [0, 0.1) is 5.92 Å². The zero-order chi connectivity index (χ0) is 12.6. The van der Waals surface area contributed by atoms with E-state index >= 15 is 0 Å². The van der Waals surface area contributed by atoms with Crippen molar-refractivity contribution in [3.05, 3.63) is 16.6 Å². The average Bonchev–Trinajstić information content (AvgIpc) is 2.90. The summed E-state index contributed by atoms with van der Waals surface area (Å²) < 4.78 is 5.21. The van der Waals surface area contributed by atoms with Gasteiger partial charge >= 0.3 is 0 Å². The lowest BCUT2D eigenvalue weighted by atomic mass is 9.99. The van der Waals surface area contributed by atoms with E-state index in [1.165, 1.54) is 24.3 Å². The van der Waals surface area contributed by atoms with Gasteiger partial charge in [-0.15, -0.1) is 23.7 Å². The van der Waals surface area contributed by atoms with Gasteiger partial charge in [0.25, 0.3) is 0 Å². The molecule has 0 aromatic carbocycles. The molecule has 0 saturated carbocycles. The van der Waals surface area contributed by atoms with Crippen molar-refractivity contribution < 1.29 is 4.74 Å². The molecule has 1 atom stereocenters. The number of halogens is 1. The zero-order valence-electron chi connectivity index (χ0n) is 11.5. The summed E-state index contributed by atoms with van der Waals surface area (Å²) in [5.74, 6) is 0.781. The molecule has 1 N–H and O–H groups in total. The molecule has 1 unspecified atom stereocenters. The van der Waals surface area contributed by atoms with Crippen molar-refractivity contribution in [2.24, 2.45) is 5.92 Å². The van der Waals surface area contributed by atoms with Crippen LogP contribution in [0.2, 0.25) is 0 Å². The molecule has 110 valence electrons. The lowest BCUT2D eigenvalue weighted by molar-refractivity contribution is 0.127. The average molecular weight is 306 g/mol. The normalized spacial score (nSPS) is 19.4. The lowest BCUT2D eigenvalue weighted by Gasteiger charge is -2.29. The van der Waals surface area contributed by atoms with Crippen LogP contribution < -0.4 is 5.32 Å². The summed E-state index contributed by atoms with van der Waals surface area (Å²) in [5, 5.41) is 3.49. The van der Waals surface area contributed by atoms with E-state index in [0.717, 1.165) is 38.7 Å². The Balaban J connectivity index is 0.00000180. The fraction of sp³-hybridized carbons (Fsp3) is 0.769. The Hall–Kier alpha value is -0.200. The summed E-state index contributed by atoms with van der Waals surface area (Å²) in [6.07, 6.45) is 4.63. The van der Waals surface area contributed by atoms with Gasteiger partial charge in [0.05, 0.1) is 12.1 Å². The molecule has 0 radical (unpaired) electrons. The van der Waals surface area contributed by atoms with Crippen LogP contribution in [-0.2, 0) is 11.3 Å². The minimum atomic E-state index is 0. The van der Waals surface area contributed by atoms with E-state index in [9.17, 15) is 0 Å². The van der Waals surface area contributed by atoms with Crippen LogP contribution in [0.5, 0.6) is 0 Å². The predicted molar refractivity (Wildman–Crippen MR) is 82.1 cm³/mol. The molecule has 1 aliphatic heterocycles. The number of hydrogen-bond acceptors (Lipinski definition) is 5. The third-order valence-corrected chi connectivity index (χ3v) is 4.15. The number of rotatable bonds is 7. The minimum Gasteiger partial charge on any atom is -0.383 e. The van der Waals surface area contributed by atoms with E-state index in [4.69, 9.17) is 4.74 Å². The number of hydrogen-bond donors (Lipinski definition) is 1. The van der Waals surface area contributed by atoms with E-state index in [-0.39, 0.29) is 12.4 Å². The first-order chi connectivity index (χ1) is 8.88. The van der Waals surface area contributed by atoms with Crippen LogP contribution >= 0.6 is 23.7 Å². The second-order valence-corrected chi connectivity index (χ2v) is 5.88. The monoisotopic (exact) mass is 305 g/mol. The summed E-state index contributed by atoms with van der Waals surface area (Å²) >= 11 is 1.74. The first-order valence-corrected chi connectivity index (χ1v) is 7.56. The summed E-state index contributed by atoms with van der Waals surface area (Å²) in [7, 11) is 1.77. The van der Waals surface area contributed by atoms with Crippen LogP contribution in [0.3, 0.4) is 0 Å². The molecule has 1 aliphatic rings. The molecule has 1 saturated heterocycles. The van der Waals surface area contributed by atoms with Crippen LogP contribution in [0.4, 0.5) is 0 Å². The van der Waals surface area contributed by atoms with E-state index in [1.54, 1.807) is 18.4 Å². The Kier molecular flexibility index (Phi) is 8.57. The molecule has 0 spiro atoms. The van der Waals surface area contributed by atoms with Gasteiger partial charge in [0.2, 0.25) is 0 Å². The van der Waals surface area contributed by atoms with E-state index in [2.05, 4.69) is 15.2 Å². The molecule has 0 aliphatic carbocycles. The molecule has 0 amide bonds. The number of ether oxygens (including phenoxy) is 1. The molecule has 1 fully saturated rings. The van der Waals surface area contributed by atoms with Gasteiger partial charge < -0.3 is 10.1 Å². The Labute approximate surface area is 126 Å². The number of nitrogens with zero attached hydrogens (tertiary/aromatic N) is 2. The van der Waals surface area contributed by atoms with Crippen LogP contribution in [0.1, 0.15) is 17.7 Å². The third-order valence-electron chi connectivity index (χ3n) is 3.39. The Morgan fingerprint density at radius 2 is 2.47 bits per heavy atom. The standard InChI is InChI=1S/C13H23N3OS.ClH/c1-17-6-5-16(10-13-8-15-11-18-13)9-12-3-2-4-14-7-12;/h8,11-12,14H,2-7,9-10H2,1H3;1H. The second-order valence-electron chi connectivity index (χ2n) is 4.91. The summed E-state index contributed by atoms with van der Waals surface area (Å²) in [5.41, 5.74) is 1.91. The van der Waals surface area contributed by atoms with Gasteiger partial charge in [-0.1, -0.05) is 0 Å².